The fraction of sp³-hybridized carbons (Fsp3) is 1.00. The maximum absolute atomic E-state index is 9.74. The lowest BCUT2D eigenvalue weighted by molar-refractivity contribution is 0.0374. The lowest BCUT2D eigenvalue weighted by Crippen LogP contribution is -2.13. The van der Waals surface area contributed by atoms with Gasteiger partial charge in [0.2, 0.25) is 0 Å². The van der Waals surface area contributed by atoms with Gasteiger partial charge in [0.05, 0.1) is 6.10 Å². The number of aliphatic hydroxyl groups is 1. The van der Waals surface area contributed by atoms with Crippen molar-refractivity contribution in [3.8, 4) is 0 Å². The normalized spacial score (nSPS) is 20.0. The highest BCUT2D eigenvalue weighted by atomic mass is 35.5. The van der Waals surface area contributed by atoms with Crippen LogP contribution in [0.15, 0.2) is 0 Å². The van der Waals surface area contributed by atoms with Crippen LogP contribution in [-0.4, -0.2) is 16.8 Å². The molecule has 0 saturated heterocycles. The van der Waals surface area contributed by atoms with Crippen molar-refractivity contribution in [3.05, 3.63) is 0 Å². The first-order chi connectivity index (χ1) is 2.64. The highest BCUT2D eigenvalue weighted by Crippen LogP contribution is 1.95. The average Bonchev–Trinajstić information content (AvgIpc) is 1.36. The zero-order valence-corrected chi connectivity index (χ0v) is 4.14. The van der Waals surface area contributed by atoms with Crippen LogP contribution in [0.2, 0.25) is 0 Å². The van der Waals surface area contributed by atoms with E-state index in [4.69, 9.17) is 16.7 Å². The molecule has 1 unspecified atom stereocenters. The predicted molar refractivity (Wildman–Crippen MR) is 22.0 cm³/mol. The average molecular weight is 110 g/mol. The molecule has 0 bridgehead atoms. The second-order valence-corrected chi connectivity index (χ2v) is 1.52. The molecule has 2 nitrogen and oxygen atoms in total. The van der Waals surface area contributed by atoms with Crippen LogP contribution in [-0.2, 0) is 5.11 Å². The Balaban J connectivity index is 2.99. The first kappa shape index (κ1) is 6.21. The van der Waals surface area contributed by atoms with E-state index in [1.807, 2.05) is 0 Å². The molecule has 0 spiro atoms. The lowest BCUT2D eigenvalue weighted by atomic mass is 10.4. The van der Waals surface area contributed by atoms with Gasteiger partial charge in [-0.25, -0.2) is 5.11 Å². The van der Waals surface area contributed by atoms with Gasteiger partial charge in [-0.15, -0.1) is 0 Å². The van der Waals surface area contributed by atoms with Crippen molar-refractivity contribution in [2.45, 2.75) is 18.6 Å². The molecule has 0 rings (SSSR count). The van der Waals surface area contributed by atoms with Gasteiger partial charge < -0.3 is 5.11 Å². The number of rotatable bonds is 1. The lowest BCUT2D eigenvalue weighted by Gasteiger charge is -1.98. The number of alkyl halides is 1. The molecule has 0 aromatic rings. The summed E-state index contributed by atoms with van der Waals surface area (Å²) in [5.74, 6) is 0. The van der Waals surface area contributed by atoms with Crippen molar-refractivity contribution in [3.63, 3.8) is 0 Å². The molecule has 0 aliphatic carbocycles. The fourth-order valence-electron chi connectivity index (χ4n) is 0. The Morgan fingerprint density at radius 1 is 1.83 bits per heavy atom. The van der Waals surface area contributed by atoms with E-state index in [0.717, 1.165) is 0 Å². The van der Waals surface area contributed by atoms with Crippen LogP contribution < -0.4 is 0 Å². The van der Waals surface area contributed by atoms with Crippen molar-refractivity contribution in [2.75, 3.05) is 0 Å². The molecule has 6 heavy (non-hydrogen) atoms. The van der Waals surface area contributed by atoms with Gasteiger partial charge in [0.15, 0.2) is 5.56 Å². The topological polar surface area (TPSA) is 40.1 Å². The second kappa shape index (κ2) is 2.39. The van der Waals surface area contributed by atoms with Crippen LogP contribution in [0.3, 0.4) is 0 Å². The molecule has 0 aliphatic heterocycles. The molecular weight excluding hydrogens is 103 g/mol. The number of hydrogen-bond donors (Lipinski definition) is 1. The molecule has 37 valence electrons. The van der Waals surface area contributed by atoms with Gasteiger partial charge in [-0.05, 0) is 6.92 Å². The van der Waals surface area contributed by atoms with E-state index in [1.165, 1.54) is 6.92 Å². The molecule has 1 N–H and O–H groups in total. The van der Waals surface area contributed by atoms with E-state index in [1.54, 1.807) is 0 Å². The van der Waals surface area contributed by atoms with E-state index >= 15 is 0 Å². The monoisotopic (exact) mass is 109 g/mol. The maximum Gasteiger partial charge on any atom is 0.191 e. The van der Waals surface area contributed by atoms with Crippen LogP contribution in [0.25, 0.3) is 0 Å². The van der Waals surface area contributed by atoms with Gasteiger partial charge in [-0.2, -0.15) is 0 Å². The molecule has 0 heterocycles. The van der Waals surface area contributed by atoms with Gasteiger partial charge in [-0.1, -0.05) is 11.6 Å². The van der Waals surface area contributed by atoms with Crippen molar-refractivity contribution in [2.24, 2.45) is 0 Å². The van der Waals surface area contributed by atoms with Crippen LogP contribution in [0.5, 0.6) is 0 Å². The number of aliphatic hydroxyl groups excluding tert-OH is 1. The highest BCUT2D eigenvalue weighted by Gasteiger charge is 2.05. The quantitative estimate of drug-likeness (QED) is 0.486. The summed E-state index contributed by atoms with van der Waals surface area (Å²) >= 11 is 4.81. The summed E-state index contributed by atoms with van der Waals surface area (Å²) in [5, 5.41) is 17.9. The zero-order chi connectivity index (χ0) is 5.15. The molecule has 0 aromatic heterocycles. The standard InChI is InChI=1S/C3H6ClO2/c1-2(5)3(4)6/h2-3,5H,1H3/t2?,3-/m1/s1. The SMILES string of the molecule is CC(O)[C@@H]([O])Cl. The fourth-order valence-corrected chi connectivity index (χ4v) is 0. The molecule has 3 heteroatoms. The van der Waals surface area contributed by atoms with Crippen molar-refractivity contribution in [1.29, 1.82) is 0 Å². The third-order valence-electron chi connectivity index (χ3n) is 0.379. The summed E-state index contributed by atoms with van der Waals surface area (Å²) < 4.78 is 0. The van der Waals surface area contributed by atoms with E-state index in [2.05, 4.69) is 0 Å². The van der Waals surface area contributed by atoms with Crippen LogP contribution in [0.1, 0.15) is 6.92 Å². The van der Waals surface area contributed by atoms with E-state index in [-0.39, 0.29) is 0 Å². The van der Waals surface area contributed by atoms with Crippen LogP contribution in [0, 0.1) is 0 Å². The van der Waals surface area contributed by atoms with Crippen LogP contribution in [0.4, 0.5) is 0 Å². The smallest absolute Gasteiger partial charge is 0.191 e. The number of halogens is 1. The molecule has 0 saturated carbocycles. The molecule has 2 atom stereocenters. The third kappa shape index (κ3) is 2.45. The van der Waals surface area contributed by atoms with Crippen molar-refractivity contribution >= 4 is 11.6 Å². The molecule has 0 aromatic carbocycles. The van der Waals surface area contributed by atoms with Crippen molar-refractivity contribution in [1.82, 2.24) is 0 Å². The van der Waals surface area contributed by atoms with Gasteiger partial charge in [0.1, 0.15) is 0 Å². The molecule has 0 aliphatic rings. The summed E-state index contributed by atoms with van der Waals surface area (Å²) in [7, 11) is 0. The highest BCUT2D eigenvalue weighted by molar-refractivity contribution is 6.19. The number of hydrogen-bond acceptors (Lipinski definition) is 1. The Morgan fingerprint density at radius 2 is 2.00 bits per heavy atom. The van der Waals surface area contributed by atoms with E-state index < -0.39 is 11.7 Å². The Morgan fingerprint density at radius 3 is 2.00 bits per heavy atom. The molecular formula is C3H6ClO2. The van der Waals surface area contributed by atoms with Gasteiger partial charge in [-0.3, -0.25) is 0 Å². The summed E-state index contributed by atoms with van der Waals surface area (Å²) in [6.07, 6.45) is -0.938. The molecule has 0 fully saturated rings. The minimum Gasteiger partial charge on any atom is -0.389 e. The summed E-state index contributed by atoms with van der Waals surface area (Å²) in [6, 6.07) is 0. The Bertz CT molecular complexity index is 29.8. The van der Waals surface area contributed by atoms with E-state index in [0.29, 0.717) is 0 Å². The Hall–Kier alpha value is 0.210. The summed E-state index contributed by atoms with van der Waals surface area (Å²) in [6.45, 7) is 1.35. The Kier molecular flexibility index (Phi) is 2.48. The third-order valence-corrected chi connectivity index (χ3v) is 0.744. The minimum absolute atomic E-state index is 0.938. The predicted octanol–water partition coefficient (Wildman–Crippen LogP) is 0.363. The first-order valence-corrected chi connectivity index (χ1v) is 2.06. The van der Waals surface area contributed by atoms with Gasteiger partial charge in [0.25, 0.3) is 0 Å². The maximum atomic E-state index is 9.74. The summed E-state index contributed by atoms with van der Waals surface area (Å²) in [5.41, 5.74) is -1.37. The first-order valence-electron chi connectivity index (χ1n) is 1.62. The van der Waals surface area contributed by atoms with Gasteiger partial charge >= 0.3 is 0 Å². The molecule has 1 radical (unpaired) electrons. The van der Waals surface area contributed by atoms with Crippen LogP contribution >= 0.6 is 11.6 Å². The molecule has 0 amide bonds. The summed E-state index contributed by atoms with van der Waals surface area (Å²) in [4.78, 5) is 0. The zero-order valence-electron chi connectivity index (χ0n) is 3.39. The van der Waals surface area contributed by atoms with Crippen molar-refractivity contribution < 1.29 is 10.2 Å². The van der Waals surface area contributed by atoms with Gasteiger partial charge in [0, 0.05) is 0 Å². The van der Waals surface area contributed by atoms with E-state index in [9.17, 15) is 5.11 Å². The minimum atomic E-state index is -1.37. The Labute approximate surface area is 41.4 Å². The second-order valence-electron chi connectivity index (χ2n) is 1.09. The largest absolute Gasteiger partial charge is 0.389 e.